The van der Waals surface area contributed by atoms with Gasteiger partial charge in [0, 0.05) is 18.2 Å². The van der Waals surface area contributed by atoms with Gasteiger partial charge in [-0.25, -0.2) is 22.6 Å². The summed E-state index contributed by atoms with van der Waals surface area (Å²) in [5.74, 6) is -4.82. The number of aryl methyl sites for hydroxylation is 1. The summed E-state index contributed by atoms with van der Waals surface area (Å²) in [7, 11) is 1.30. The fourth-order valence-corrected chi connectivity index (χ4v) is 4.74. The van der Waals surface area contributed by atoms with Crippen LogP contribution in [0.25, 0.3) is 11.0 Å². The van der Waals surface area contributed by atoms with Crippen molar-refractivity contribution in [2.45, 2.75) is 19.1 Å². The summed E-state index contributed by atoms with van der Waals surface area (Å²) in [6.45, 7) is -1.52. The number of hydrogen-bond acceptors (Lipinski definition) is 5. The zero-order valence-electron chi connectivity index (χ0n) is 22.1. The molecule has 3 aromatic carbocycles. The van der Waals surface area contributed by atoms with Crippen molar-refractivity contribution in [2.75, 3.05) is 11.9 Å². The second kappa shape index (κ2) is 12.2. The molecule has 0 spiro atoms. The molecule has 4 rings (SSSR count). The van der Waals surface area contributed by atoms with Crippen LogP contribution in [-0.4, -0.2) is 33.8 Å². The van der Waals surface area contributed by atoms with Crippen molar-refractivity contribution in [1.82, 2.24) is 9.13 Å². The van der Waals surface area contributed by atoms with E-state index >= 15 is 0 Å². The normalized spacial score (nSPS) is 12.0. The molecule has 0 aliphatic heterocycles. The van der Waals surface area contributed by atoms with Crippen LogP contribution >= 0.6 is 11.6 Å². The number of carbonyl (C=O) groups is 2. The highest BCUT2D eigenvalue weighted by molar-refractivity contribution is 6.35. The van der Waals surface area contributed by atoms with Gasteiger partial charge in [0.25, 0.3) is 12.3 Å². The summed E-state index contributed by atoms with van der Waals surface area (Å²) >= 11 is 6.12. The van der Waals surface area contributed by atoms with E-state index in [-0.39, 0.29) is 27.7 Å². The first-order valence-corrected chi connectivity index (χ1v) is 12.6. The molecule has 0 unspecified atom stereocenters. The van der Waals surface area contributed by atoms with Gasteiger partial charge in [0.05, 0.1) is 51.0 Å². The number of carbonyl (C=O) groups excluding carboxylic acids is 2. The molecule has 4 aromatic rings. The Hall–Kier alpha value is -5.15. The third-order valence-corrected chi connectivity index (χ3v) is 6.64. The average molecular weight is 637 g/mol. The van der Waals surface area contributed by atoms with Crippen LogP contribution in [0.2, 0.25) is 5.02 Å². The number of halogens is 8. The zero-order chi connectivity index (χ0) is 32.5. The molecule has 0 radical (unpaired) electrons. The molecule has 226 valence electrons. The number of aromatic nitrogens is 2. The summed E-state index contributed by atoms with van der Waals surface area (Å²) in [6, 6.07) is 8.14. The van der Waals surface area contributed by atoms with Gasteiger partial charge in [-0.1, -0.05) is 11.6 Å². The SMILES string of the molecule is Cn1c(=NCC#N)n(CC(F)F)c2cc(NC(=O)c3cc(F)cc(C(F)(F)F)c3)c(C(=O)c3cc(F)ccc3Cl)c(C#N)c21. The van der Waals surface area contributed by atoms with Crippen molar-refractivity contribution in [3.05, 3.63) is 92.6 Å². The van der Waals surface area contributed by atoms with Crippen LogP contribution in [0.1, 0.15) is 37.4 Å². The minimum Gasteiger partial charge on any atom is -0.321 e. The van der Waals surface area contributed by atoms with Crippen molar-refractivity contribution in [1.29, 1.82) is 10.5 Å². The van der Waals surface area contributed by atoms with E-state index in [1.165, 1.54) is 7.05 Å². The molecule has 16 heteroatoms. The topological polar surface area (TPSA) is 116 Å². The first kappa shape index (κ1) is 31.8. The number of nitrogens with one attached hydrogen (secondary N) is 1. The lowest BCUT2D eigenvalue weighted by atomic mass is 9.95. The van der Waals surface area contributed by atoms with E-state index < -0.39 is 82.5 Å². The molecule has 0 aliphatic rings. The van der Waals surface area contributed by atoms with Gasteiger partial charge in [-0.3, -0.25) is 9.59 Å². The number of benzene rings is 3. The molecule has 0 bridgehead atoms. The van der Waals surface area contributed by atoms with Crippen LogP contribution in [0.15, 0.2) is 47.5 Å². The molecule has 1 amide bonds. The number of hydrogen-bond donors (Lipinski definition) is 1. The van der Waals surface area contributed by atoms with Crippen LogP contribution in [0.3, 0.4) is 0 Å². The van der Waals surface area contributed by atoms with Gasteiger partial charge < -0.3 is 14.5 Å². The van der Waals surface area contributed by atoms with Crippen molar-refractivity contribution < 1.29 is 40.3 Å². The van der Waals surface area contributed by atoms with Gasteiger partial charge in [0.2, 0.25) is 5.62 Å². The first-order chi connectivity index (χ1) is 20.7. The lowest BCUT2D eigenvalue weighted by molar-refractivity contribution is -0.137. The molecule has 44 heavy (non-hydrogen) atoms. The zero-order valence-corrected chi connectivity index (χ0v) is 22.9. The second-order valence-corrected chi connectivity index (χ2v) is 9.53. The largest absolute Gasteiger partial charge is 0.416 e. The molecule has 0 saturated heterocycles. The summed E-state index contributed by atoms with van der Waals surface area (Å²) < 4.78 is 97.5. The quantitative estimate of drug-likeness (QED) is 0.153. The molecule has 0 atom stereocenters. The minimum atomic E-state index is -5.03. The molecule has 1 aromatic heterocycles. The third-order valence-electron chi connectivity index (χ3n) is 6.31. The Morgan fingerprint density at radius 2 is 1.77 bits per heavy atom. The smallest absolute Gasteiger partial charge is 0.321 e. The molecule has 0 aliphatic carbocycles. The summed E-state index contributed by atoms with van der Waals surface area (Å²) in [4.78, 5) is 30.9. The van der Waals surface area contributed by atoms with E-state index in [0.29, 0.717) is 12.1 Å². The Kier molecular flexibility index (Phi) is 8.83. The highest BCUT2D eigenvalue weighted by atomic mass is 35.5. The lowest BCUT2D eigenvalue weighted by Gasteiger charge is -2.16. The fraction of sp³-hybridized carbons (Fsp3) is 0.179. The number of amides is 1. The Morgan fingerprint density at radius 3 is 2.39 bits per heavy atom. The standard InChI is InChI=1S/C28H16ClF7N6O2/c1-41-24-18(11-38)23(25(43)17-9-15(30)2-3-19(17)29)20(10-21(24)42(12-22(32)33)27(41)39-5-4-37)40-26(44)13-6-14(28(34,35)36)8-16(31)7-13/h2-3,6-10,22H,5,12H2,1H3,(H,40,44). The van der Waals surface area contributed by atoms with Crippen LogP contribution in [0.5, 0.6) is 0 Å². The first-order valence-electron chi connectivity index (χ1n) is 12.2. The molecule has 8 nitrogen and oxygen atoms in total. The molecular weight excluding hydrogens is 621 g/mol. The number of alkyl halides is 5. The number of nitriles is 2. The van der Waals surface area contributed by atoms with Gasteiger partial charge in [0.15, 0.2) is 5.78 Å². The van der Waals surface area contributed by atoms with E-state index in [1.807, 2.05) is 0 Å². The van der Waals surface area contributed by atoms with Crippen molar-refractivity contribution in [3.8, 4) is 12.1 Å². The molecular formula is C28H16ClF7N6O2. The monoisotopic (exact) mass is 636 g/mol. The second-order valence-electron chi connectivity index (χ2n) is 9.12. The maximum atomic E-state index is 14.1. The van der Waals surface area contributed by atoms with Crippen molar-refractivity contribution in [3.63, 3.8) is 0 Å². The number of anilines is 1. The van der Waals surface area contributed by atoms with Gasteiger partial charge >= 0.3 is 6.18 Å². The minimum absolute atomic E-state index is 0.154. The highest BCUT2D eigenvalue weighted by Crippen LogP contribution is 2.34. The number of ketones is 1. The van der Waals surface area contributed by atoms with E-state index in [4.69, 9.17) is 16.9 Å². The average Bonchev–Trinajstić information content (AvgIpc) is 3.20. The predicted octanol–water partition coefficient (Wildman–Crippen LogP) is 5.97. The fourth-order valence-electron chi connectivity index (χ4n) is 4.54. The number of nitrogens with zero attached hydrogens (tertiary/aromatic N) is 5. The van der Waals surface area contributed by atoms with Crippen LogP contribution in [0.4, 0.5) is 36.4 Å². The summed E-state index contributed by atoms with van der Waals surface area (Å²) in [6.07, 6.45) is -8.03. The predicted molar refractivity (Wildman–Crippen MR) is 142 cm³/mol. The number of fused-ring (bicyclic) bond motifs is 1. The van der Waals surface area contributed by atoms with Gasteiger partial charge in [0.1, 0.15) is 24.2 Å². The lowest BCUT2D eigenvalue weighted by Crippen LogP contribution is -2.27. The number of rotatable bonds is 7. The molecule has 1 N–H and O–H groups in total. The molecule has 0 fully saturated rings. The van der Waals surface area contributed by atoms with Gasteiger partial charge in [-0.05, 0) is 42.5 Å². The van der Waals surface area contributed by atoms with E-state index in [2.05, 4.69) is 10.3 Å². The van der Waals surface area contributed by atoms with Gasteiger partial charge in [-0.2, -0.15) is 23.7 Å². The van der Waals surface area contributed by atoms with Crippen LogP contribution in [-0.2, 0) is 19.8 Å². The maximum Gasteiger partial charge on any atom is 0.416 e. The highest BCUT2D eigenvalue weighted by Gasteiger charge is 2.33. The van der Waals surface area contributed by atoms with Crippen molar-refractivity contribution in [2.24, 2.45) is 12.0 Å². The maximum absolute atomic E-state index is 14.1. The Bertz CT molecular complexity index is 1980. The van der Waals surface area contributed by atoms with E-state index in [9.17, 15) is 45.6 Å². The van der Waals surface area contributed by atoms with Crippen LogP contribution in [0, 0.1) is 34.3 Å². The van der Waals surface area contributed by atoms with Gasteiger partial charge in [-0.15, -0.1) is 0 Å². The number of imidazole rings is 1. The van der Waals surface area contributed by atoms with Crippen molar-refractivity contribution >= 4 is 40.0 Å². The Balaban J connectivity index is 2.08. The van der Waals surface area contributed by atoms with E-state index in [0.717, 1.165) is 33.4 Å². The Labute approximate surface area is 247 Å². The molecule has 1 heterocycles. The van der Waals surface area contributed by atoms with E-state index in [1.54, 1.807) is 12.1 Å². The Morgan fingerprint density at radius 1 is 1.07 bits per heavy atom. The summed E-state index contributed by atoms with van der Waals surface area (Å²) in [5.41, 5.74) is -5.17. The summed E-state index contributed by atoms with van der Waals surface area (Å²) in [5, 5.41) is 21.1. The molecule has 0 saturated carbocycles. The van der Waals surface area contributed by atoms with Crippen LogP contribution < -0.4 is 10.9 Å². The third kappa shape index (κ3) is 6.14.